The molecule has 1 aromatic heterocycles. The number of hydrazone groups is 1. The van der Waals surface area contributed by atoms with Crippen LogP contribution in [0.3, 0.4) is 0 Å². The highest BCUT2D eigenvalue weighted by molar-refractivity contribution is 6.33. The highest BCUT2D eigenvalue weighted by Gasteiger charge is 2.28. The normalized spacial score (nSPS) is 15.5. The zero-order chi connectivity index (χ0) is 23.7. The Morgan fingerprint density at radius 3 is 2.62 bits per heavy atom. The number of nitrogens with one attached hydrogen (secondary N) is 2. The first-order valence-corrected chi connectivity index (χ1v) is 11.3. The minimum atomic E-state index is -0.400. The molecule has 5 rings (SSSR count). The quantitative estimate of drug-likeness (QED) is 0.526. The molecule has 0 spiro atoms. The zero-order valence-electron chi connectivity index (χ0n) is 18.4. The lowest BCUT2D eigenvalue weighted by Crippen LogP contribution is -2.22. The molecule has 0 radical (unpaired) electrons. The molecule has 2 aliphatic rings. The summed E-state index contributed by atoms with van der Waals surface area (Å²) in [7, 11) is 0. The number of fused-ring (bicyclic) bond motifs is 2. The summed E-state index contributed by atoms with van der Waals surface area (Å²) in [5, 5.41) is 7.55. The molecular formula is C25H22ClN3O5. The van der Waals surface area contributed by atoms with Crippen LogP contribution in [0.2, 0.25) is 5.02 Å². The highest BCUT2D eigenvalue weighted by atomic mass is 35.5. The summed E-state index contributed by atoms with van der Waals surface area (Å²) in [5.41, 5.74) is 5.60. The van der Waals surface area contributed by atoms with Crippen molar-refractivity contribution in [3.8, 4) is 11.5 Å². The molecule has 3 aromatic rings. The SMILES string of the molecule is Cc1c(C(=O)Nc2ccc3c(c2)OCCO3)oc2c1/C(=N/NC(=O)c1ccccc1Cl)CCC2. The van der Waals surface area contributed by atoms with Crippen molar-refractivity contribution >= 4 is 34.8 Å². The summed E-state index contributed by atoms with van der Waals surface area (Å²) in [4.78, 5) is 25.5. The van der Waals surface area contributed by atoms with Gasteiger partial charge in [0.2, 0.25) is 0 Å². The summed E-state index contributed by atoms with van der Waals surface area (Å²) in [6.45, 7) is 2.78. The second-order valence-electron chi connectivity index (χ2n) is 8.00. The van der Waals surface area contributed by atoms with Gasteiger partial charge in [0.15, 0.2) is 17.3 Å². The average Bonchev–Trinajstić information content (AvgIpc) is 3.20. The molecule has 2 amide bonds. The molecule has 0 fully saturated rings. The average molecular weight is 480 g/mol. The van der Waals surface area contributed by atoms with Crippen molar-refractivity contribution in [1.29, 1.82) is 0 Å². The lowest BCUT2D eigenvalue weighted by atomic mass is 9.93. The third-order valence-electron chi connectivity index (χ3n) is 5.74. The number of carbonyl (C=O) groups is 2. The van der Waals surface area contributed by atoms with Gasteiger partial charge < -0.3 is 19.2 Å². The first kappa shape index (κ1) is 22.0. The van der Waals surface area contributed by atoms with Crippen LogP contribution in [0.25, 0.3) is 0 Å². The Morgan fingerprint density at radius 1 is 1.00 bits per heavy atom. The molecule has 0 saturated carbocycles. The van der Waals surface area contributed by atoms with Gasteiger partial charge in [-0.05, 0) is 44.0 Å². The summed E-state index contributed by atoms with van der Waals surface area (Å²) < 4.78 is 17.0. The molecule has 2 aromatic carbocycles. The van der Waals surface area contributed by atoms with E-state index in [9.17, 15) is 9.59 Å². The van der Waals surface area contributed by atoms with Crippen molar-refractivity contribution in [1.82, 2.24) is 5.43 Å². The van der Waals surface area contributed by atoms with E-state index in [1.54, 1.807) is 42.5 Å². The van der Waals surface area contributed by atoms with E-state index >= 15 is 0 Å². The van der Waals surface area contributed by atoms with Gasteiger partial charge in [-0.3, -0.25) is 9.59 Å². The Hall–Kier alpha value is -3.78. The van der Waals surface area contributed by atoms with Crippen LogP contribution in [0, 0.1) is 6.92 Å². The fraction of sp³-hybridized carbons (Fsp3) is 0.240. The Morgan fingerprint density at radius 2 is 1.79 bits per heavy atom. The van der Waals surface area contributed by atoms with E-state index < -0.39 is 5.91 Å². The Kier molecular flexibility index (Phi) is 5.98. The van der Waals surface area contributed by atoms with E-state index in [-0.39, 0.29) is 11.7 Å². The van der Waals surface area contributed by atoms with E-state index in [1.165, 1.54) is 0 Å². The minimum absolute atomic E-state index is 0.215. The summed E-state index contributed by atoms with van der Waals surface area (Å²) in [5.74, 6) is 1.36. The van der Waals surface area contributed by atoms with E-state index in [0.29, 0.717) is 70.9 Å². The Balaban J connectivity index is 1.36. The maximum Gasteiger partial charge on any atom is 0.291 e. The number of anilines is 1. The van der Waals surface area contributed by atoms with Crippen molar-refractivity contribution in [3.05, 3.63) is 75.7 Å². The second kappa shape index (κ2) is 9.23. The number of rotatable bonds is 4. The van der Waals surface area contributed by atoms with Crippen LogP contribution >= 0.6 is 11.6 Å². The maximum atomic E-state index is 13.0. The maximum absolute atomic E-state index is 13.0. The number of nitrogens with zero attached hydrogens (tertiary/aromatic N) is 1. The number of halogens is 1. The predicted octanol–water partition coefficient (Wildman–Crippen LogP) is 4.74. The molecule has 2 heterocycles. The van der Waals surface area contributed by atoms with Crippen molar-refractivity contribution in [3.63, 3.8) is 0 Å². The molecule has 174 valence electrons. The third-order valence-corrected chi connectivity index (χ3v) is 6.07. The van der Waals surface area contributed by atoms with Crippen molar-refractivity contribution in [2.75, 3.05) is 18.5 Å². The van der Waals surface area contributed by atoms with Crippen LogP contribution in [0.5, 0.6) is 11.5 Å². The molecule has 8 nitrogen and oxygen atoms in total. The standard InChI is InChI=1S/C25H22ClN3O5/c1-14-22-18(28-29-24(30)16-5-2-3-6-17(16)26)7-4-8-20(22)34-23(14)25(31)27-15-9-10-19-21(13-15)33-12-11-32-19/h2-3,5-6,9-10,13H,4,7-8,11-12H2,1H3,(H,27,31)(H,29,30)/b28-18+. The molecule has 34 heavy (non-hydrogen) atoms. The van der Waals surface area contributed by atoms with E-state index in [2.05, 4.69) is 15.8 Å². The Bertz CT molecular complexity index is 1310. The smallest absolute Gasteiger partial charge is 0.291 e. The lowest BCUT2D eigenvalue weighted by Gasteiger charge is -2.18. The molecule has 0 bridgehead atoms. The number of ether oxygens (including phenoxy) is 2. The van der Waals surface area contributed by atoms with Gasteiger partial charge in [-0.15, -0.1) is 0 Å². The number of amides is 2. The molecular weight excluding hydrogens is 458 g/mol. The van der Waals surface area contributed by atoms with Crippen LogP contribution in [0.4, 0.5) is 5.69 Å². The zero-order valence-corrected chi connectivity index (χ0v) is 19.2. The lowest BCUT2D eigenvalue weighted by molar-refractivity contribution is 0.0953. The van der Waals surface area contributed by atoms with Gasteiger partial charge >= 0.3 is 0 Å². The van der Waals surface area contributed by atoms with E-state index in [1.807, 2.05) is 6.92 Å². The number of hydrogen-bond donors (Lipinski definition) is 2. The van der Waals surface area contributed by atoms with Gasteiger partial charge in [-0.2, -0.15) is 5.10 Å². The van der Waals surface area contributed by atoms with Gasteiger partial charge in [0, 0.05) is 29.3 Å². The number of benzene rings is 2. The van der Waals surface area contributed by atoms with Gasteiger partial charge in [0.25, 0.3) is 11.8 Å². The first-order chi connectivity index (χ1) is 16.5. The highest BCUT2D eigenvalue weighted by Crippen LogP contribution is 2.34. The fourth-order valence-electron chi connectivity index (χ4n) is 4.13. The van der Waals surface area contributed by atoms with Crippen molar-refractivity contribution < 1.29 is 23.5 Å². The molecule has 2 N–H and O–H groups in total. The van der Waals surface area contributed by atoms with Crippen LogP contribution in [0.1, 0.15) is 50.6 Å². The van der Waals surface area contributed by atoms with Gasteiger partial charge in [0.05, 0.1) is 16.3 Å². The summed E-state index contributed by atoms with van der Waals surface area (Å²) >= 11 is 6.11. The fourth-order valence-corrected chi connectivity index (χ4v) is 4.35. The largest absolute Gasteiger partial charge is 0.486 e. The topological polar surface area (TPSA) is 102 Å². The Labute approximate surface area is 200 Å². The molecule has 0 saturated heterocycles. The molecule has 1 aliphatic carbocycles. The van der Waals surface area contributed by atoms with Crippen LogP contribution in [-0.4, -0.2) is 30.7 Å². The van der Waals surface area contributed by atoms with E-state index in [4.69, 9.17) is 25.5 Å². The number of hydrogen-bond acceptors (Lipinski definition) is 6. The molecule has 0 atom stereocenters. The van der Waals surface area contributed by atoms with Crippen LogP contribution in [0.15, 0.2) is 52.0 Å². The summed E-state index contributed by atoms with van der Waals surface area (Å²) in [6, 6.07) is 12.0. The van der Waals surface area contributed by atoms with Gasteiger partial charge in [0.1, 0.15) is 19.0 Å². The summed E-state index contributed by atoms with van der Waals surface area (Å²) in [6.07, 6.45) is 2.13. The third kappa shape index (κ3) is 4.24. The second-order valence-corrected chi connectivity index (χ2v) is 8.41. The minimum Gasteiger partial charge on any atom is -0.486 e. The van der Waals surface area contributed by atoms with E-state index in [0.717, 1.165) is 12.0 Å². The predicted molar refractivity (Wildman–Crippen MR) is 127 cm³/mol. The molecule has 1 aliphatic heterocycles. The number of furan rings is 1. The molecule has 9 heteroatoms. The van der Waals surface area contributed by atoms with Crippen LogP contribution in [-0.2, 0) is 6.42 Å². The van der Waals surface area contributed by atoms with Gasteiger partial charge in [-0.1, -0.05) is 23.7 Å². The monoisotopic (exact) mass is 479 g/mol. The van der Waals surface area contributed by atoms with Crippen molar-refractivity contribution in [2.45, 2.75) is 26.2 Å². The molecule has 0 unspecified atom stereocenters. The van der Waals surface area contributed by atoms with Gasteiger partial charge in [-0.25, -0.2) is 5.43 Å². The first-order valence-electron chi connectivity index (χ1n) is 11.0. The number of carbonyl (C=O) groups excluding carboxylic acids is 2. The van der Waals surface area contributed by atoms with Crippen LogP contribution < -0.4 is 20.2 Å². The van der Waals surface area contributed by atoms with Crippen molar-refractivity contribution in [2.24, 2.45) is 5.10 Å². The number of aryl methyl sites for hydroxylation is 1.